The summed E-state index contributed by atoms with van der Waals surface area (Å²) < 4.78 is 0. The van der Waals surface area contributed by atoms with E-state index in [9.17, 15) is 0 Å². The lowest BCUT2D eigenvalue weighted by Crippen LogP contribution is -2.15. The van der Waals surface area contributed by atoms with E-state index in [1.54, 1.807) is 22.7 Å². The van der Waals surface area contributed by atoms with Crippen molar-refractivity contribution in [1.82, 2.24) is 10.3 Å². The maximum Gasteiger partial charge on any atom is 0.133 e. The lowest BCUT2D eigenvalue weighted by Gasteiger charge is -2.04. The number of nitrogens with one attached hydrogen (secondary N) is 1. The van der Waals surface area contributed by atoms with E-state index in [0.717, 1.165) is 30.1 Å². The van der Waals surface area contributed by atoms with Gasteiger partial charge >= 0.3 is 0 Å². The highest BCUT2D eigenvalue weighted by Crippen LogP contribution is 2.28. The Hall–Kier alpha value is -1.53. The number of thiophene rings is 1. The first-order chi connectivity index (χ1) is 10.8. The monoisotopic (exact) mass is 330 g/mol. The van der Waals surface area contributed by atoms with Crippen LogP contribution in [-0.4, -0.2) is 16.6 Å². The molecular formula is C17H18N2OS2. The van der Waals surface area contributed by atoms with Crippen molar-refractivity contribution < 1.29 is 5.11 Å². The lowest BCUT2D eigenvalue weighted by atomic mass is 10.1. The highest BCUT2D eigenvalue weighted by molar-refractivity contribution is 7.20. The molecule has 0 aliphatic carbocycles. The molecule has 0 spiro atoms. The molecule has 0 bridgehead atoms. The second-order valence-electron chi connectivity index (χ2n) is 5.01. The predicted octanol–water partition coefficient (Wildman–Crippen LogP) is 3.70. The number of rotatable bonds is 7. The van der Waals surface area contributed by atoms with Gasteiger partial charge in [0, 0.05) is 17.6 Å². The van der Waals surface area contributed by atoms with Crippen molar-refractivity contribution in [2.75, 3.05) is 6.54 Å². The summed E-state index contributed by atoms with van der Waals surface area (Å²) in [6, 6.07) is 12.3. The number of thiazole rings is 1. The van der Waals surface area contributed by atoms with Crippen molar-refractivity contribution in [3.8, 4) is 9.88 Å². The fourth-order valence-electron chi connectivity index (χ4n) is 2.16. The number of nitrogens with zero attached hydrogens (tertiary/aromatic N) is 1. The van der Waals surface area contributed by atoms with Gasteiger partial charge in [-0.15, -0.1) is 22.7 Å². The zero-order valence-electron chi connectivity index (χ0n) is 12.2. The van der Waals surface area contributed by atoms with Crippen LogP contribution in [0.5, 0.6) is 0 Å². The molecule has 0 radical (unpaired) electrons. The average Bonchev–Trinajstić information content (AvgIpc) is 3.23. The van der Waals surface area contributed by atoms with Gasteiger partial charge in [0.25, 0.3) is 0 Å². The van der Waals surface area contributed by atoms with Crippen LogP contribution >= 0.6 is 22.7 Å². The second-order valence-corrected chi connectivity index (χ2v) is 7.07. The van der Waals surface area contributed by atoms with Gasteiger partial charge < -0.3 is 10.4 Å². The number of benzene rings is 1. The molecule has 5 heteroatoms. The average molecular weight is 330 g/mol. The number of aliphatic hydroxyl groups excluding tert-OH is 1. The summed E-state index contributed by atoms with van der Waals surface area (Å²) in [6.45, 7) is 1.90. The molecule has 0 saturated heterocycles. The molecule has 1 aromatic carbocycles. The highest BCUT2D eigenvalue weighted by atomic mass is 32.1. The molecule has 3 nitrogen and oxygen atoms in total. The lowest BCUT2D eigenvalue weighted by molar-refractivity contribution is 0.282. The van der Waals surface area contributed by atoms with Crippen LogP contribution in [0.15, 0.2) is 48.0 Å². The highest BCUT2D eigenvalue weighted by Gasteiger charge is 2.05. The van der Waals surface area contributed by atoms with E-state index in [-0.39, 0.29) is 6.61 Å². The van der Waals surface area contributed by atoms with Gasteiger partial charge in [-0.25, -0.2) is 4.98 Å². The molecule has 2 aromatic heterocycles. The van der Waals surface area contributed by atoms with Crippen LogP contribution in [0.1, 0.15) is 16.0 Å². The Kier molecular flexibility index (Phi) is 5.34. The van der Waals surface area contributed by atoms with E-state index in [2.05, 4.69) is 39.9 Å². The van der Waals surface area contributed by atoms with Gasteiger partial charge in [0.1, 0.15) is 5.01 Å². The summed E-state index contributed by atoms with van der Waals surface area (Å²) >= 11 is 3.48. The first-order valence-corrected chi connectivity index (χ1v) is 8.93. The molecule has 0 saturated carbocycles. The normalized spacial score (nSPS) is 11.0. The van der Waals surface area contributed by atoms with Crippen molar-refractivity contribution in [2.45, 2.75) is 19.6 Å². The third-order valence-electron chi connectivity index (χ3n) is 3.38. The van der Waals surface area contributed by atoms with Crippen LogP contribution in [0.25, 0.3) is 9.88 Å². The summed E-state index contributed by atoms with van der Waals surface area (Å²) in [7, 11) is 0. The molecule has 0 fully saturated rings. The summed E-state index contributed by atoms with van der Waals surface area (Å²) in [6.07, 6.45) is 2.95. The van der Waals surface area contributed by atoms with Crippen LogP contribution in [0.4, 0.5) is 0 Å². The number of aromatic nitrogens is 1. The SMILES string of the molecule is OCc1ccc(CCNCc2cnc(-c3cccs3)s2)cc1. The fourth-order valence-corrected chi connectivity index (χ4v) is 3.84. The third kappa shape index (κ3) is 4.01. The quantitative estimate of drug-likeness (QED) is 0.649. The Morgan fingerprint density at radius 1 is 1.09 bits per heavy atom. The molecule has 2 heterocycles. The second kappa shape index (κ2) is 7.65. The van der Waals surface area contributed by atoms with Crippen molar-refractivity contribution in [2.24, 2.45) is 0 Å². The van der Waals surface area contributed by atoms with Gasteiger partial charge in [-0.05, 0) is 35.5 Å². The van der Waals surface area contributed by atoms with Crippen molar-refractivity contribution in [3.05, 3.63) is 64.0 Å². The molecule has 22 heavy (non-hydrogen) atoms. The van der Waals surface area contributed by atoms with E-state index in [1.807, 2.05) is 18.3 Å². The Morgan fingerprint density at radius 2 is 1.91 bits per heavy atom. The molecule has 0 aliphatic rings. The van der Waals surface area contributed by atoms with Gasteiger partial charge in [0.2, 0.25) is 0 Å². The summed E-state index contributed by atoms with van der Waals surface area (Å²) in [4.78, 5) is 6.98. The van der Waals surface area contributed by atoms with Crippen molar-refractivity contribution in [3.63, 3.8) is 0 Å². The van der Waals surface area contributed by atoms with Crippen LogP contribution < -0.4 is 5.32 Å². The van der Waals surface area contributed by atoms with Gasteiger partial charge in [-0.1, -0.05) is 30.3 Å². The molecule has 0 amide bonds. The minimum absolute atomic E-state index is 0.108. The first-order valence-electron chi connectivity index (χ1n) is 7.23. The summed E-state index contributed by atoms with van der Waals surface area (Å²) in [5, 5.41) is 15.7. The van der Waals surface area contributed by atoms with Crippen molar-refractivity contribution >= 4 is 22.7 Å². The molecule has 114 valence electrons. The molecular weight excluding hydrogens is 312 g/mol. The van der Waals surface area contributed by atoms with Gasteiger partial charge in [0.15, 0.2) is 0 Å². The van der Waals surface area contributed by atoms with Crippen LogP contribution in [0.2, 0.25) is 0 Å². The Bertz CT molecular complexity index is 690. The number of aliphatic hydroxyl groups is 1. The molecule has 2 N–H and O–H groups in total. The first kappa shape index (κ1) is 15.4. The Balaban J connectivity index is 1.45. The summed E-state index contributed by atoms with van der Waals surface area (Å²) in [5.41, 5.74) is 2.25. The number of hydrogen-bond donors (Lipinski definition) is 2. The molecule has 0 atom stereocenters. The maximum atomic E-state index is 9.02. The van der Waals surface area contributed by atoms with Crippen LogP contribution in [0, 0.1) is 0 Å². The fraction of sp³-hybridized carbons (Fsp3) is 0.235. The van der Waals surface area contributed by atoms with Gasteiger partial charge in [-0.2, -0.15) is 0 Å². The third-order valence-corrected chi connectivity index (χ3v) is 5.42. The van der Waals surface area contributed by atoms with E-state index in [0.29, 0.717) is 0 Å². The summed E-state index contributed by atoms with van der Waals surface area (Å²) in [5.74, 6) is 0. The number of hydrogen-bond acceptors (Lipinski definition) is 5. The van der Waals surface area contributed by atoms with Crippen LogP contribution in [0.3, 0.4) is 0 Å². The molecule has 3 aromatic rings. The topological polar surface area (TPSA) is 45.1 Å². The molecule has 3 rings (SSSR count). The van der Waals surface area contributed by atoms with E-state index < -0.39 is 0 Å². The Morgan fingerprint density at radius 3 is 2.64 bits per heavy atom. The largest absolute Gasteiger partial charge is 0.392 e. The van der Waals surface area contributed by atoms with Crippen LogP contribution in [-0.2, 0) is 19.6 Å². The zero-order chi connectivity index (χ0) is 15.2. The van der Waals surface area contributed by atoms with Gasteiger partial charge in [0.05, 0.1) is 11.5 Å². The Labute approximate surface area is 138 Å². The van der Waals surface area contributed by atoms with E-state index in [1.165, 1.54) is 15.3 Å². The molecule has 0 aliphatic heterocycles. The van der Waals surface area contributed by atoms with Crippen molar-refractivity contribution in [1.29, 1.82) is 0 Å². The maximum absolute atomic E-state index is 9.02. The minimum atomic E-state index is 0.108. The van der Waals surface area contributed by atoms with Gasteiger partial charge in [-0.3, -0.25) is 0 Å². The smallest absolute Gasteiger partial charge is 0.133 e. The van der Waals surface area contributed by atoms with E-state index in [4.69, 9.17) is 5.11 Å². The predicted molar refractivity (Wildman–Crippen MR) is 93.2 cm³/mol. The zero-order valence-corrected chi connectivity index (χ0v) is 13.8. The molecule has 0 unspecified atom stereocenters. The minimum Gasteiger partial charge on any atom is -0.392 e. The van der Waals surface area contributed by atoms with E-state index >= 15 is 0 Å². The standard InChI is InChI=1S/C17H18N2OS2/c20-12-14-5-3-13(4-6-14)7-8-18-10-15-11-19-17(22-15)16-2-1-9-21-16/h1-6,9,11,18,20H,7-8,10,12H2.